The summed E-state index contributed by atoms with van der Waals surface area (Å²) in [5.41, 5.74) is 4.54. The van der Waals surface area contributed by atoms with E-state index < -0.39 is 0 Å². The lowest BCUT2D eigenvalue weighted by atomic mass is 10.1. The fourth-order valence-corrected chi connectivity index (χ4v) is 3.10. The van der Waals surface area contributed by atoms with Gasteiger partial charge in [-0.1, -0.05) is 45.8 Å². The molecular weight excluding hydrogens is 390 g/mol. The fraction of sp³-hybridized carbons (Fsp3) is 0.182. The Bertz CT molecular complexity index is 862. The van der Waals surface area contributed by atoms with Crippen LogP contribution >= 0.6 is 15.9 Å². The lowest BCUT2D eigenvalue weighted by Gasteiger charge is -2.14. The van der Waals surface area contributed by atoms with Crippen molar-refractivity contribution in [3.63, 3.8) is 0 Å². The Morgan fingerprint density at radius 2 is 1.77 bits per heavy atom. The van der Waals surface area contributed by atoms with Crippen molar-refractivity contribution >= 4 is 21.6 Å². The number of nitrogens with one attached hydrogen (secondary N) is 1. The Balaban J connectivity index is 1.68. The van der Waals surface area contributed by atoms with Gasteiger partial charge in [0.05, 0.1) is 7.11 Å². The summed E-state index contributed by atoms with van der Waals surface area (Å²) < 4.78 is 12.3. The third kappa shape index (κ3) is 5.02. The first-order valence-corrected chi connectivity index (χ1v) is 9.28. The molecule has 0 saturated heterocycles. The van der Waals surface area contributed by atoms with E-state index in [2.05, 4.69) is 58.5 Å². The number of anilines is 1. The summed E-state index contributed by atoms with van der Waals surface area (Å²) in [6.45, 7) is 3.32. The molecule has 26 heavy (non-hydrogen) atoms. The van der Waals surface area contributed by atoms with Crippen molar-refractivity contribution < 1.29 is 9.47 Å². The van der Waals surface area contributed by atoms with Crippen LogP contribution in [0.5, 0.6) is 11.5 Å². The zero-order chi connectivity index (χ0) is 18.4. The number of methoxy groups -OCH3 is 1. The predicted octanol–water partition coefficient (Wildman–Crippen LogP) is 5.96. The van der Waals surface area contributed by atoms with E-state index in [4.69, 9.17) is 9.47 Å². The molecule has 3 aromatic rings. The molecule has 0 atom stereocenters. The summed E-state index contributed by atoms with van der Waals surface area (Å²) in [6.07, 6.45) is 0. The van der Waals surface area contributed by atoms with E-state index in [0.717, 1.165) is 27.2 Å². The number of ether oxygens (including phenoxy) is 2. The number of hydrogen-bond donors (Lipinski definition) is 1. The summed E-state index contributed by atoms with van der Waals surface area (Å²) >= 11 is 3.55. The van der Waals surface area contributed by atoms with Crippen LogP contribution in [0.4, 0.5) is 5.69 Å². The Hall–Kier alpha value is -2.46. The van der Waals surface area contributed by atoms with Gasteiger partial charge in [0.1, 0.15) is 18.1 Å². The molecule has 0 aliphatic heterocycles. The van der Waals surface area contributed by atoms with E-state index in [9.17, 15) is 0 Å². The first-order valence-electron chi connectivity index (χ1n) is 8.49. The second-order valence-electron chi connectivity index (χ2n) is 6.11. The van der Waals surface area contributed by atoms with Crippen LogP contribution in [-0.4, -0.2) is 7.11 Å². The quantitative estimate of drug-likeness (QED) is 0.520. The maximum Gasteiger partial charge on any atom is 0.124 e. The molecular formula is C22H22BrNO2. The lowest BCUT2D eigenvalue weighted by Crippen LogP contribution is -2.04. The third-order valence-corrected chi connectivity index (χ3v) is 4.57. The van der Waals surface area contributed by atoms with Gasteiger partial charge in [-0.2, -0.15) is 0 Å². The van der Waals surface area contributed by atoms with Crippen molar-refractivity contribution in [2.75, 3.05) is 12.4 Å². The molecule has 0 radical (unpaired) electrons. The van der Waals surface area contributed by atoms with Crippen LogP contribution in [-0.2, 0) is 13.2 Å². The van der Waals surface area contributed by atoms with Crippen molar-refractivity contribution in [3.05, 3.63) is 87.9 Å². The fourth-order valence-electron chi connectivity index (χ4n) is 2.70. The Morgan fingerprint density at radius 1 is 0.962 bits per heavy atom. The van der Waals surface area contributed by atoms with Gasteiger partial charge in [0, 0.05) is 22.3 Å². The third-order valence-electron chi connectivity index (χ3n) is 4.07. The predicted molar refractivity (Wildman–Crippen MR) is 110 cm³/mol. The molecule has 134 valence electrons. The van der Waals surface area contributed by atoms with Gasteiger partial charge in [0.2, 0.25) is 0 Å². The maximum absolute atomic E-state index is 6.08. The lowest BCUT2D eigenvalue weighted by molar-refractivity contribution is 0.303. The molecule has 3 nitrogen and oxygen atoms in total. The molecule has 0 aliphatic rings. The average molecular weight is 412 g/mol. The molecule has 0 spiro atoms. The van der Waals surface area contributed by atoms with Crippen LogP contribution in [0.15, 0.2) is 71.2 Å². The second kappa shape index (κ2) is 8.77. The highest BCUT2D eigenvalue weighted by Gasteiger charge is 2.06. The normalized spacial score (nSPS) is 10.4. The summed E-state index contributed by atoms with van der Waals surface area (Å²) in [6, 6.07) is 22.4. The molecule has 3 aromatic carbocycles. The van der Waals surface area contributed by atoms with Crippen molar-refractivity contribution in [1.82, 2.24) is 0 Å². The number of hydrogen-bond acceptors (Lipinski definition) is 3. The van der Waals surface area contributed by atoms with Crippen molar-refractivity contribution in [3.8, 4) is 11.5 Å². The second-order valence-corrected chi connectivity index (χ2v) is 7.03. The Kier molecular flexibility index (Phi) is 6.18. The van der Waals surface area contributed by atoms with Crippen molar-refractivity contribution in [2.45, 2.75) is 20.1 Å². The zero-order valence-corrected chi connectivity index (χ0v) is 16.5. The van der Waals surface area contributed by atoms with E-state index in [1.165, 1.54) is 11.1 Å². The smallest absolute Gasteiger partial charge is 0.124 e. The van der Waals surface area contributed by atoms with E-state index in [1.54, 1.807) is 7.11 Å². The zero-order valence-electron chi connectivity index (χ0n) is 15.0. The van der Waals surface area contributed by atoms with Crippen LogP contribution < -0.4 is 14.8 Å². The Labute approximate surface area is 163 Å². The highest BCUT2D eigenvalue weighted by molar-refractivity contribution is 9.10. The van der Waals surface area contributed by atoms with Crippen LogP contribution in [0.3, 0.4) is 0 Å². The van der Waals surface area contributed by atoms with E-state index >= 15 is 0 Å². The molecule has 1 N–H and O–H groups in total. The SMILES string of the molecule is COc1ccc(NCc2cc(Br)ccc2OCc2cccc(C)c2)cc1. The highest BCUT2D eigenvalue weighted by atomic mass is 79.9. The standard InChI is InChI=1S/C22H22BrNO2/c1-16-4-3-5-17(12-16)15-26-22-11-6-19(23)13-18(22)14-24-20-7-9-21(25-2)10-8-20/h3-13,24H,14-15H2,1-2H3. The minimum atomic E-state index is 0.554. The van der Waals surface area contributed by atoms with E-state index in [0.29, 0.717) is 13.2 Å². The molecule has 0 aromatic heterocycles. The molecule has 0 unspecified atom stereocenters. The van der Waals surface area contributed by atoms with Crippen LogP contribution in [0.2, 0.25) is 0 Å². The van der Waals surface area contributed by atoms with Gasteiger partial charge >= 0.3 is 0 Å². The molecule has 0 amide bonds. The van der Waals surface area contributed by atoms with Gasteiger partial charge in [-0.25, -0.2) is 0 Å². The van der Waals surface area contributed by atoms with Crippen molar-refractivity contribution in [2.24, 2.45) is 0 Å². The summed E-state index contributed by atoms with van der Waals surface area (Å²) in [5.74, 6) is 1.73. The molecule has 0 saturated carbocycles. The first-order chi connectivity index (χ1) is 12.6. The Morgan fingerprint density at radius 3 is 2.50 bits per heavy atom. The van der Waals surface area contributed by atoms with Gasteiger partial charge in [-0.05, 0) is 55.0 Å². The number of aryl methyl sites for hydroxylation is 1. The number of halogens is 1. The van der Waals surface area contributed by atoms with Gasteiger partial charge < -0.3 is 14.8 Å². The largest absolute Gasteiger partial charge is 0.497 e. The molecule has 3 rings (SSSR count). The van der Waals surface area contributed by atoms with E-state index in [1.807, 2.05) is 36.4 Å². The first kappa shape index (κ1) is 18.3. The highest BCUT2D eigenvalue weighted by Crippen LogP contribution is 2.26. The minimum Gasteiger partial charge on any atom is -0.497 e. The maximum atomic E-state index is 6.08. The summed E-state index contributed by atoms with van der Waals surface area (Å²) in [5, 5.41) is 3.43. The summed E-state index contributed by atoms with van der Waals surface area (Å²) in [7, 11) is 1.67. The number of rotatable bonds is 7. The molecule has 4 heteroatoms. The van der Waals surface area contributed by atoms with Crippen molar-refractivity contribution in [1.29, 1.82) is 0 Å². The van der Waals surface area contributed by atoms with Gasteiger partial charge in [-0.15, -0.1) is 0 Å². The van der Waals surface area contributed by atoms with Crippen LogP contribution in [0.1, 0.15) is 16.7 Å². The monoisotopic (exact) mass is 411 g/mol. The topological polar surface area (TPSA) is 30.5 Å². The molecule has 0 bridgehead atoms. The molecule has 0 fully saturated rings. The molecule has 0 heterocycles. The van der Waals surface area contributed by atoms with E-state index in [-0.39, 0.29) is 0 Å². The van der Waals surface area contributed by atoms with Gasteiger partial charge in [0.15, 0.2) is 0 Å². The molecule has 0 aliphatic carbocycles. The minimum absolute atomic E-state index is 0.554. The summed E-state index contributed by atoms with van der Waals surface area (Å²) in [4.78, 5) is 0. The van der Waals surface area contributed by atoms with Crippen LogP contribution in [0.25, 0.3) is 0 Å². The average Bonchev–Trinajstić information content (AvgIpc) is 2.66. The van der Waals surface area contributed by atoms with Gasteiger partial charge in [0.25, 0.3) is 0 Å². The number of benzene rings is 3. The van der Waals surface area contributed by atoms with Crippen LogP contribution in [0, 0.1) is 6.92 Å². The van der Waals surface area contributed by atoms with Gasteiger partial charge in [-0.3, -0.25) is 0 Å².